The zero-order chi connectivity index (χ0) is 17.8. The third-order valence-electron chi connectivity index (χ3n) is 4.49. The largest absolute Gasteiger partial charge is 0.368 e. The van der Waals surface area contributed by atoms with Gasteiger partial charge < -0.3 is 15.1 Å². The molecule has 0 bridgehead atoms. The molecule has 5 nitrogen and oxygen atoms in total. The first-order valence-corrected chi connectivity index (χ1v) is 8.69. The fourth-order valence-electron chi connectivity index (χ4n) is 3.10. The lowest BCUT2D eigenvalue weighted by atomic mass is 10.2. The second kappa shape index (κ2) is 7.39. The van der Waals surface area contributed by atoms with Crippen molar-refractivity contribution in [1.82, 2.24) is 9.97 Å². The maximum absolute atomic E-state index is 13.8. The lowest BCUT2D eigenvalue weighted by Crippen LogP contribution is -2.46. The summed E-state index contributed by atoms with van der Waals surface area (Å²) < 4.78 is 13.8. The fraction of sp³-hybridized carbons (Fsp3) is 0.200. The van der Waals surface area contributed by atoms with Gasteiger partial charge in [0.1, 0.15) is 11.6 Å². The number of hydrogen-bond acceptors (Lipinski definition) is 5. The summed E-state index contributed by atoms with van der Waals surface area (Å²) >= 11 is 0. The maximum Gasteiger partial charge on any atom is 0.229 e. The summed E-state index contributed by atoms with van der Waals surface area (Å²) in [6.45, 7) is 3.63. The zero-order valence-corrected chi connectivity index (χ0v) is 14.3. The van der Waals surface area contributed by atoms with Crippen molar-refractivity contribution in [2.75, 3.05) is 41.3 Å². The highest BCUT2D eigenvalue weighted by Crippen LogP contribution is 2.21. The Hall–Kier alpha value is -3.15. The summed E-state index contributed by atoms with van der Waals surface area (Å²) in [5.74, 6) is 0.933. The number of anilines is 4. The first kappa shape index (κ1) is 16.3. The summed E-state index contributed by atoms with van der Waals surface area (Å²) in [6, 6.07) is 18.8. The number of halogens is 1. The molecule has 6 heteroatoms. The number of benzene rings is 2. The maximum atomic E-state index is 13.8. The van der Waals surface area contributed by atoms with Gasteiger partial charge in [0.15, 0.2) is 0 Å². The van der Waals surface area contributed by atoms with E-state index in [-0.39, 0.29) is 5.82 Å². The normalized spacial score (nSPS) is 14.3. The molecule has 1 N–H and O–H groups in total. The first-order valence-electron chi connectivity index (χ1n) is 8.69. The Morgan fingerprint density at radius 3 is 2.27 bits per heavy atom. The van der Waals surface area contributed by atoms with Crippen LogP contribution in [-0.4, -0.2) is 36.1 Å². The van der Waals surface area contributed by atoms with Crippen LogP contribution in [-0.2, 0) is 0 Å². The van der Waals surface area contributed by atoms with Crippen molar-refractivity contribution in [3.8, 4) is 0 Å². The quantitative estimate of drug-likeness (QED) is 0.778. The van der Waals surface area contributed by atoms with Crippen LogP contribution in [0.25, 0.3) is 0 Å². The highest BCUT2D eigenvalue weighted by atomic mass is 19.1. The fourth-order valence-corrected chi connectivity index (χ4v) is 3.10. The highest BCUT2D eigenvalue weighted by molar-refractivity contribution is 5.56. The molecule has 1 aromatic heterocycles. The Balaban J connectivity index is 1.44. The Labute approximate surface area is 152 Å². The topological polar surface area (TPSA) is 44.3 Å². The van der Waals surface area contributed by atoms with Gasteiger partial charge in [-0.05, 0) is 30.3 Å². The average Bonchev–Trinajstić information content (AvgIpc) is 2.71. The number of rotatable bonds is 4. The predicted octanol–water partition coefficient (Wildman–Crippen LogP) is 3.69. The van der Waals surface area contributed by atoms with Crippen molar-refractivity contribution in [1.29, 1.82) is 0 Å². The minimum Gasteiger partial charge on any atom is -0.368 e. The molecule has 26 heavy (non-hydrogen) atoms. The van der Waals surface area contributed by atoms with E-state index in [1.54, 1.807) is 24.4 Å². The van der Waals surface area contributed by atoms with Crippen molar-refractivity contribution in [3.05, 3.63) is 72.7 Å². The van der Waals surface area contributed by atoms with Crippen LogP contribution in [0, 0.1) is 5.82 Å². The monoisotopic (exact) mass is 349 g/mol. The lowest BCUT2D eigenvalue weighted by Gasteiger charge is -2.36. The molecule has 132 valence electrons. The predicted molar refractivity (Wildman–Crippen MR) is 103 cm³/mol. The van der Waals surface area contributed by atoms with Gasteiger partial charge in [0.25, 0.3) is 0 Å². The molecule has 0 aliphatic carbocycles. The van der Waals surface area contributed by atoms with Gasteiger partial charge in [-0.1, -0.05) is 30.3 Å². The third kappa shape index (κ3) is 3.59. The minimum atomic E-state index is -0.321. The molecule has 3 aromatic rings. The van der Waals surface area contributed by atoms with E-state index in [4.69, 9.17) is 0 Å². The SMILES string of the molecule is Fc1ccccc1Nc1nccc(N2CCN(c3ccccc3)CC2)n1. The Morgan fingerprint density at radius 1 is 0.808 bits per heavy atom. The number of nitrogens with zero attached hydrogens (tertiary/aromatic N) is 4. The zero-order valence-electron chi connectivity index (χ0n) is 14.3. The van der Waals surface area contributed by atoms with Gasteiger partial charge in [-0.3, -0.25) is 0 Å². The molecule has 1 aliphatic heterocycles. The van der Waals surface area contributed by atoms with Crippen molar-refractivity contribution in [2.45, 2.75) is 0 Å². The van der Waals surface area contributed by atoms with Crippen LogP contribution in [0.1, 0.15) is 0 Å². The smallest absolute Gasteiger partial charge is 0.229 e. The van der Waals surface area contributed by atoms with Gasteiger partial charge in [0.05, 0.1) is 5.69 Å². The van der Waals surface area contributed by atoms with Crippen LogP contribution in [0.4, 0.5) is 27.5 Å². The summed E-state index contributed by atoms with van der Waals surface area (Å²) in [6.07, 6.45) is 1.70. The summed E-state index contributed by atoms with van der Waals surface area (Å²) in [4.78, 5) is 13.4. The van der Waals surface area contributed by atoms with Crippen LogP contribution in [0.5, 0.6) is 0 Å². The van der Waals surface area contributed by atoms with Crippen molar-refractivity contribution >= 4 is 23.1 Å². The Kier molecular flexibility index (Phi) is 4.64. The molecular weight excluding hydrogens is 329 g/mol. The number of nitrogens with one attached hydrogen (secondary N) is 1. The van der Waals surface area contributed by atoms with Crippen molar-refractivity contribution < 1.29 is 4.39 Å². The molecule has 0 spiro atoms. The Bertz CT molecular complexity index is 863. The van der Waals surface area contributed by atoms with Gasteiger partial charge in [-0.25, -0.2) is 9.37 Å². The molecule has 0 saturated carbocycles. The van der Waals surface area contributed by atoms with Crippen LogP contribution in [0.15, 0.2) is 66.9 Å². The first-order chi connectivity index (χ1) is 12.8. The minimum absolute atomic E-state index is 0.321. The van der Waals surface area contributed by atoms with Crippen LogP contribution in [0.2, 0.25) is 0 Å². The van der Waals surface area contributed by atoms with Crippen molar-refractivity contribution in [2.24, 2.45) is 0 Å². The van der Waals surface area contributed by atoms with E-state index in [0.29, 0.717) is 11.6 Å². The van der Waals surface area contributed by atoms with Gasteiger partial charge in [0, 0.05) is 38.1 Å². The number of piperazine rings is 1. The van der Waals surface area contributed by atoms with E-state index in [9.17, 15) is 4.39 Å². The third-order valence-corrected chi connectivity index (χ3v) is 4.49. The molecule has 2 heterocycles. The molecule has 0 atom stereocenters. The second-order valence-corrected chi connectivity index (χ2v) is 6.15. The number of hydrogen-bond donors (Lipinski definition) is 1. The molecular formula is C20H20FN5. The van der Waals surface area contributed by atoms with E-state index in [1.807, 2.05) is 12.1 Å². The van der Waals surface area contributed by atoms with E-state index >= 15 is 0 Å². The highest BCUT2D eigenvalue weighted by Gasteiger charge is 2.18. The summed E-state index contributed by atoms with van der Waals surface area (Å²) in [5.41, 5.74) is 1.62. The molecule has 0 radical (unpaired) electrons. The number of para-hydroxylation sites is 2. The van der Waals surface area contributed by atoms with Crippen molar-refractivity contribution in [3.63, 3.8) is 0 Å². The van der Waals surface area contributed by atoms with E-state index in [1.165, 1.54) is 11.8 Å². The molecule has 0 unspecified atom stereocenters. The summed E-state index contributed by atoms with van der Waals surface area (Å²) in [7, 11) is 0. The van der Waals surface area contributed by atoms with Crippen LogP contribution in [0.3, 0.4) is 0 Å². The van der Waals surface area contributed by atoms with E-state index in [2.05, 4.69) is 49.4 Å². The second-order valence-electron chi connectivity index (χ2n) is 6.15. The molecule has 1 fully saturated rings. The molecule has 0 amide bonds. The molecule has 4 rings (SSSR count). The molecule has 2 aromatic carbocycles. The van der Waals surface area contributed by atoms with E-state index in [0.717, 1.165) is 32.0 Å². The van der Waals surface area contributed by atoms with E-state index < -0.39 is 0 Å². The van der Waals surface area contributed by atoms with Crippen LogP contribution >= 0.6 is 0 Å². The lowest BCUT2D eigenvalue weighted by molar-refractivity contribution is 0.631. The Morgan fingerprint density at radius 2 is 1.50 bits per heavy atom. The summed E-state index contributed by atoms with van der Waals surface area (Å²) in [5, 5.41) is 2.95. The average molecular weight is 349 g/mol. The van der Waals surface area contributed by atoms with Gasteiger partial charge in [-0.15, -0.1) is 0 Å². The molecule has 1 aliphatic rings. The molecule has 1 saturated heterocycles. The van der Waals surface area contributed by atoms with Gasteiger partial charge in [0.2, 0.25) is 5.95 Å². The van der Waals surface area contributed by atoms with Crippen LogP contribution < -0.4 is 15.1 Å². The standard InChI is InChI=1S/C20H20FN5/c21-17-8-4-5-9-18(17)23-20-22-11-10-19(24-20)26-14-12-25(13-15-26)16-6-2-1-3-7-16/h1-11H,12-15H2,(H,22,23,24). The van der Waals surface area contributed by atoms with Gasteiger partial charge >= 0.3 is 0 Å². The van der Waals surface area contributed by atoms with Gasteiger partial charge in [-0.2, -0.15) is 4.98 Å². The number of aromatic nitrogens is 2.